The van der Waals surface area contributed by atoms with Gasteiger partial charge in [-0.25, -0.2) is 0 Å². The number of hydrazine groups is 1. The van der Waals surface area contributed by atoms with Gasteiger partial charge in [-0.05, 0) is 44.4 Å². The van der Waals surface area contributed by atoms with Crippen LogP contribution in [0.15, 0.2) is 0 Å². The van der Waals surface area contributed by atoms with Crippen LogP contribution >= 0.6 is 0 Å². The molecule has 3 N–H and O–H groups in total. The van der Waals surface area contributed by atoms with E-state index in [1.165, 1.54) is 57.8 Å². The van der Waals surface area contributed by atoms with Crippen LogP contribution in [0.3, 0.4) is 0 Å². The van der Waals surface area contributed by atoms with Gasteiger partial charge in [-0.3, -0.25) is 11.3 Å². The summed E-state index contributed by atoms with van der Waals surface area (Å²) < 4.78 is 6.30. The van der Waals surface area contributed by atoms with Crippen molar-refractivity contribution >= 4 is 0 Å². The van der Waals surface area contributed by atoms with E-state index >= 15 is 0 Å². The molecule has 0 heterocycles. The Hall–Kier alpha value is -0.120. The van der Waals surface area contributed by atoms with Crippen LogP contribution in [-0.4, -0.2) is 18.2 Å². The van der Waals surface area contributed by atoms with Gasteiger partial charge in [0.15, 0.2) is 0 Å². The van der Waals surface area contributed by atoms with Gasteiger partial charge in [-0.2, -0.15) is 0 Å². The van der Waals surface area contributed by atoms with Crippen LogP contribution in [-0.2, 0) is 4.74 Å². The molecule has 2 aliphatic rings. The Bertz CT molecular complexity index is 261. The molecular formula is C16H32N2O. The van der Waals surface area contributed by atoms with Crippen molar-refractivity contribution in [3.63, 3.8) is 0 Å². The van der Waals surface area contributed by atoms with Crippen molar-refractivity contribution in [1.82, 2.24) is 5.43 Å². The molecule has 19 heavy (non-hydrogen) atoms. The summed E-state index contributed by atoms with van der Waals surface area (Å²) in [5, 5.41) is 0. The first kappa shape index (κ1) is 15.3. The predicted molar refractivity (Wildman–Crippen MR) is 79.7 cm³/mol. The summed E-state index contributed by atoms with van der Waals surface area (Å²) in [5.74, 6) is 7.43. The molecule has 0 aromatic rings. The lowest BCUT2D eigenvalue weighted by Gasteiger charge is -2.48. The zero-order valence-corrected chi connectivity index (χ0v) is 12.8. The molecule has 2 saturated carbocycles. The van der Waals surface area contributed by atoms with Crippen LogP contribution in [0.5, 0.6) is 0 Å². The first-order chi connectivity index (χ1) is 9.22. The molecule has 3 heteroatoms. The van der Waals surface area contributed by atoms with Gasteiger partial charge in [0.25, 0.3) is 0 Å². The van der Waals surface area contributed by atoms with E-state index in [0.717, 1.165) is 12.5 Å². The summed E-state index contributed by atoms with van der Waals surface area (Å²) in [6, 6.07) is 0.343. The van der Waals surface area contributed by atoms with E-state index < -0.39 is 0 Å². The Kier molecular flexibility index (Phi) is 5.67. The fraction of sp³-hybridized carbons (Fsp3) is 1.00. The molecule has 2 rings (SSSR count). The lowest BCUT2D eigenvalue weighted by atomic mass is 9.68. The molecule has 0 spiro atoms. The van der Waals surface area contributed by atoms with Crippen molar-refractivity contribution in [1.29, 1.82) is 0 Å². The van der Waals surface area contributed by atoms with Crippen LogP contribution in [0.2, 0.25) is 0 Å². The monoisotopic (exact) mass is 268 g/mol. The van der Waals surface area contributed by atoms with E-state index in [0.29, 0.717) is 12.0 Å². The van der Waals surface area contributed by atoms with Gasteiger partial charge in [0.2, 0.25) is 0 Å². The normalized spacial score (nSPS) is 35.2. The van der Waals surface area contributed by atoms with Crippen LogP contribution in [0.1, 0.15) is 71.6 Å². The summed E-state index contributed by atoms with van der Waals surface area (Å²) in [6.07, 6.45) is 11.7. The minimum atomic E-state index is -0.0107. The van der Waals surface area contributed by atoms with Crippen LogP contribution < -0.4 is 11.3 Å². The molecule has 3 nitrogen and oxygen atoms in total. The van der Waals surface area contributed by atoms with Gasteiger partial charge in [0.05, 0.1) is 11.6 Å². The number of nitrogens with one attached hydrogen (secondary N) is 1. The molecule has 0 aliphatic heterocycles. The molecule has 0 bridgehead atoms. The Balaban J connectivity index is 2.13. The number of hydrogen-bond acceptors (Lipinski definition) is 3. The molecule has 3 atom stereocenters. The fourth-order valence-corrected chi connectivity index (χ4v) is 4.52. The molecule has 0 aromatic carbocycles. The Morgan fingerprint density at radius 1 is 1.21 bits per heavy atom. The van der Waals surface area contributed by atoms with Gasteiger partial charge in [-0.15, -0.1) is 0 Å². The average molecular weight is 268 g/mol. The molecule has 2 aliphatic carbocycles. The highest BCUT2D eigenvalue weighted by atomic mass is 16.5. The lowest BCUT2D eigenvalue weighted by molar-refractivity contribution is -0.115. The number of ether oxygens (including phenoxy) is 1. The van der Waals surface area contributed by atoms with E-state index in [9.17, 15) is 0 Å². The first-order valence-corrected chi connectivity index (χ1v) is 8.32. The Morgan fingerprint density at radius 3 is 2.53 bits per heavy atom. The van der Waals surface area contributed by atoms with Crippen LogP contribution in [0.4, 0.5) is 0 Å². The third-order valence-electron chi connectivity index (χ3n) is 5.29. The molecule has 2 fully saturated rings. The summed E-state index contributed by atoms with van der Waals surface area (Å²) in [6.45, 7) is 5.29. The average Bonchev–Trinajstić information content (AvgIpc) is 2.41. The molecule has 3 unspecified atom stereocenters. The molecule has 0 saturated heterocycles. The van der Waals surface area contributed by atoms with Gasteiger partial charge in [-0.1, -0.05) is 39.0 Å². The number of hydrogen-bond donors (Lipinski definition) is 2. The van der Waals surface area contributed by atoms with Gasteiger partial charge < -0.3 is 4.74 Å². The van der Waals surface area contributed by atoms with E-state index in [1.54, 1.807) is 0 Å². The highest BCUT2D eigenvalue weighted by Gasteiger charge is 2.45. The topological polar surface area (TPSA) is 47.3 Å². The third-order valence-corrected chi connectivity index (χ3v) is 5.29. The lowest BCUT2D eigenvalue weighted by Crippen LogP contribution is -2.60. The smallest absolute Gasteiger partial charge is 0.0853 e. The zero-order chi connectivity index (χ0) is 13.7. The Labute approximate surface area is 118 Å². The maximum atomic E-state index is 6.30. The van der Waals surface area contributed by atoms with E-state index in [1.807, 2.05) is 0 Å². The third kappa shape index (κ3) is 3.50. The van der Waals surface area contributed by atoms with E-state index in [4.69, 9.17) is 10.6 Å². The van der Waals surface area contributed by atoms with Gasteiger partial charge in [0, 0.05) is 6.61 Å². The second-order valence-electron chi connectivity index (χ2n) is 6.74. The standard InChI is InChI=1S/C16H32N2O/c1-3-19-16(11-7-8-13(2)12-16)15(18-17)14-9-5-4-6-10-14/h13-15,18H,3-12,17H2,1-2H3. The zero-order valence-electron chi connectivity index (χ0n) is 12.8. The van der Waals surface area contributed by atoms with Crippen molar-refractivity contribution < 1.29 is 4.74 Å². The quantitative estimate of drug-likeness (QED) is 0.593. The second kappa shape index (κ2) is 7.05. The molecular weight excluding hydrogens is 236 g/mol. The minimum Gasteiger partial charge on any atom is -0.374 e. The van der Waals surface area contributed by atoms with E-state index in [-0.39, 0.29) is 5.60 Å². The molecule has 0 radical (unpaired) electrons. The van der Waals surface area contributed by atoms with Crippen molar-refractivity contribution in [2.75, 3.05) is 6.61 Å². The van der Waals surface area contributed by atoms with Crippen molar-refractivity contribution in [2.45, 2.75) is 83.3 Å². The second-order valence-corrected chi connectivity index (χ2v) is 6.74. The maximum absolute atomic E-state index is 6.30. The predicted octanol–water partition coefficient (Wildman–Crippen LogP) is 3.38. The summed E-state index contributed by atoms with van der Waals surface area (Å²) >= 11 is 0. The highest BCUT2D eigenvalue weighted by molar-refractivity contribution is 4.99. The molecule has 0 aromatic heterocycles. The summed E-state index contributed by atoms with van der Waals surface area (Å²) in [7, 11) is 0. The van der Waals surface area contributed by atoms with Crippen LogP contribution in [0.25, 0.3) is 0 Å². The fourth-order valence-electron chi connectivity index (χ4n) is 4.52. The van der Waals surface area contributed by atoms with Crippen LogP contribution in [0, 0.1) is 11.8 Å². The maximum Gasteiger partial charge on any atom is 0.0853 e. The van der Waals surface area contributed by atoms with Crippen molar-refractivity contribution in [3.05, 3.63) is 0 Å². The Morgan fingerprint density at radius 2 is 1.95 bits per heavy atom. The SMILES string of the molecule is CCOC1(C(NN)C2CCCCC2)CCCC(C)C1. The largest absolute Gasteiger partial charge is 0.374 e. The molecule has 112 valence electrons. The number of rotatable bonds is 5. The van der Waals surface area contributed by atoms with Crippen molar-refractivity contribution in [3.8, 4) is 0 Å². The van der Waals surface area contributed by atoms with Gasteiger partial charge in [0.1, 0.15) is 0 Å². The molecule has 0 amide bonds. The number of nitrogens with two attached hydrogens (primary N) is 1. The van der Waals surface area contributed by atoms with E-state index in [2.05, 4.69) is 19.3 Å². The minimum absolute atomic E-state index is 0.0107. The summed E-state index contributed by atoms with van der Waals surface area (Å²) in [5.41, 5.74) is 3.15. The summed E-state index contributed by atoms with van der Waals surface area (Å²) in [4.78, 5) is 0. The highest BCUT2D eigenvalue weighted by Crippen LogP contribution is 2.42. The van der Waals surface area contributed by atoms with Gasteiger partial charge >= 0.3 is 0 Å². The van der Waals surface area contributed by atoms with Crippen molar-refractivity contribution in [2.24, 2.45) is 17.7 Å². The first-order valence-electron chi connectivity index (χ1n) is 8.32.